The smallest absolute Gasteiger partial charge is 0.315 e. The lowest BCUT2D eigenvalue weighted by molar-refractivity contribution is -0.142. The van der Waals surface area contributed by atoms with E-state index >= 15 is 0 Å². The highest BCUT2D eigenvalue weighted by Gasteiger charge is 2.26. The van der Waals surface area contributed by atoms with E-state index in [1.54, 1.807) is 0 Å². The lowest BCUT2D eigenvalue weighted by Gasteiger charge is -2.26. The van der Waals surface area contributed by atoms with E-state index < -0.39 is 5.97 Å². The molecule has 1 heterocycles. The van der Waals surface area contributed by atoms with Crippen molar-refractivity contribution >= 4 is 22.9 Å². The summed E-state index contributed by atoms with van der Waals surface area (Å²) in [6, 6.07) is 6.02. The second-order valence-electron chi connectivity index (χ2n) is 6.97. The van der Waals surface area contributed by atoms with Gasteiger partial charge in [0, 0.05) is 29.2 Å². The molecule has 1 saturated carbocycles. The number of aryl methyl sites for hydroxylation is 2. The Morgan fingerprint density at radius 1 is 1.20 bits per heavy atom. The van der Waals surface area contributed by atoms with E-state index in [9.17, 15) is 9.59 Å². The van der Waals surface area contributed by atoms with Gasteiger partial charge in [-0.1, -0.05) is 6.07 Å². The number of benzene rings is 1. The fraction of sp³-hybridized carbons (Fsp3) is 0.474. The predicted molar refractivity (Wildman–Crippen MR) is 96.5 cm³/mol. The van der Waals surface area contributed by atoms with E-state index in [0.29, 0.717) is 19.4 Å². The predicted octanol–water partition coefficient (Wildman–Crippen LogP) is 3.23. The number of carbonyl (C=O) groups is 2. The Morgan fingerprint density at radius 3 is 2.60 bits per heavy atom. The van der Waals surface area contributed by atoms with Crippen LogP contribution in [0.25, 0.3) is 10.9 Å². The summed E-state index contributed by atoms with van der Waals surface area (Å²) in [4.78, 5) is 26.4. The second kappa shape index (κ2) is 7.17. The quantitative estimate of drug-likeness (QED) is 0.686. The normalized spacial score (nSPS) is 20.4. The number of nitrogens with one attached hydrogen (secondary N) is 3. The molecule has 1 aliphatic rings. The van der Waals surface area contributed by atoms with Crippen LogP contribution in [0.2, 0.25) is 0 Å². The van der Waals surface area contributed by atoms with Gasteiger partial charge in [-0.15, -0.1) is 0 Å². The van der Waals surface area contributed by atoms with Crippen molar-refractivity contribution in [3.63, 3.8) is 0 Å². The lowest BCUT2D eigenvalue weighted by atomic mass is 9.86. The number of fused-ring (bicyclic) bond motifs is 1. The summed E-state index contributed by atoms with van der Waals surface area (Å²) in [5.74, 6) is -0.991. The highest BCUT2D eigenvalue weighted by Crippen LogP contribution is 2.24. The van der Waals surface area contributed by atoms with Crippen LogP contribution in [0.4, 0.5) is 4.79 Å². The monoisotopic (exact) mass is 343 g/mol. The fourth-order valence-corrected chi connectivity index (χ4v) is 3.52. The summed E-state index contributed by atoms with van der Waals surface area (Å²) in [5, 5.41) is 16.0. The molecule has 0 aliphatic heterocycles. The lowest BCUT2D eigenvalue weighted by Crippen LogP contribution is -2.43. The molecule has 6 heteroatoms. The van der Waals surface area contributed by atoms with Crippen molar-refractivity contribution in [2.45, 2.75) is 52.1 Å². The molecule has 6 nitrogen and oxygen atoms in total. The highest BCUT2D eigenvalue weighted by molar-refractivity contribution is 5.85. The number of aromatic amines is 1. The number of carbonyl (C=O) groups excluding carboxylic acids is 1. The number of H-pyrrole nitrogens is 1. The Kier molecular flexibility index (Phi) is 4.97. The van der Waals surface area contributed by atoms with Crippen molar-refractivity contribution < 1.29 is 14.7 Å². The van der Waals surface area contributed by atoms with Crippen molar-refractivity contribution in [2.24, 2.45) is 5.92 Å². The maximum atomic E-state index is 12.1. The van der Waals surface area contributed by atoms with Gasteiger partial charge in [-0.05, 0) is 62.8 Å². The van der Waals surface area contributed by atoms with Crippen LogP contribution in [0.15, 0.2) is 18.2 Å². The molecule has 1 aromatic carbocycles. The molecule has 0 atom stereocenters. The van der Waals surface area contributed by atoms with Gasteiger partial charge in [-0.2, -0.15) is 0 Å². The first-order chi connectivity index (χ1) is 11.9. The van der Waals surface area contributed by atoms with E-state index in [-0.39, 0.29) is 18.0 Å². The zero-order valence-corrected chi connectivity index (χ0v) is 14.7. The topological polar surface area (TPSA) is 94.2 Å². The SMILES string of the molecule is Cc1[nH]c2ccc(CNC(=O)NC3CCC(C(=O)O)CC3)cc2c1C. The van der Waals surface area contributed by atoms with E-state index in [1.165, 1.54) is 10.9 Å². The van der Waals surface area contributed by atoms with Crippen LogP contribution in [0.1, 0.15) is 42.5 Å². The zero-order chi connectivity index (χ0) is 18.0. The molecule has 0 unspecified atom stereocenters. The molecule has 25 heavy (non-hydrogen) atoms. The average molecular weight is 343 g/mol. The third-order valence-electron chi connectivity index (χ3n) is 5.24. The molecule has 0 spiro atoms. The van der Waals surface area contributed by atoms with Gasteiger partial charge in [-0.3, -0.25) is 4.79 Å². The first-order valence-corrected chi connectivity index (χ1v) is 8.79. The van der Waals surface area contributed by atoms with Gasteiger partial charge in [0.1, 0.15) is 0 Å². The minimum Gasteiger partial charge on any atom is -0.481 e. The number of amides is 2. The van der Waals surface area contributed by atoms with E-state index in [1.807, 2.05) is 12.1 Å². The Morgan fingerprint density at radius 2 is 1.92 bits per heavy atom. The molecule has 0 radical (unpaired) electrons. The van der Waals surface area contributed by atoms with Crippen LogP contribution >= 0.6 is 0 Å². The van der Waals surface area contributed by atoms with Gasteiger partial charge in [0.15, 0.2) is 0 Å². The largest absolute Gasteiger partial charge is 0.481 e. The summed E-state index contributed by atoms with van der Waals surface area (Å²) in [5.41, 5.74) is 4.56. The van der Waals surface area contributed by atoms with Crippen LogP contribution in [-0.4, -0.2) is 28.1 Å². The zero-order valence-electron chi connectivity index (χ0n) is 14.7. The third kappa shape index (κ3) is 3.95. The molecule has 1 aromatic heterocycles. The minimum atomic E-state index is -0.728. The number of aromatic nitrogens is 1. The van der Waals surface area contributed by atoms with Gasteiger partial charge >= 0.3 is 12.0 Å². The van der Waals surface area contributed by atoms with Crippen molar-refractivity contribution in [1.29, 1.82) is 0 Å². The Bertz CT molecular complexity index is 789. The average Bonchev–Trinajstić information content (AvgIpc) is 2.88. The maximum absolute atomic E-state index is 12.1. The van der Waals surface area contributed by atoms with Crippen LogP contribution in [0.5, 0.6) is 0 Å². The number of hydrogen-bond acceptors (Lipinski definition) is 2. The maximum Gasteiger partial charge on any atom is 0.315 e. The highest BCUT2D eigenvalue weighted by atomic mass is 16.4. The second-order valence-corrected chi connectivity index (χ2v) is 6.97. The van der Waals surface area contributed by atoms with Crippen molar-refractivity contribution in [3.05, 3.63) is 35.0 Å². The molecule has 0 bridgehead atoms. The summed E-state index contributed by atoms with van der Waals surface area (Å²) in [7, 11) is 0. The number of rotatable bonds is 4. The molecule has 4 N–H and O–H groups in total. The summed E-state index contributed by atoms with van der Waals surface area (Å²) < 4.78 is 0. The third-order valence-corrected chi connectivity index (χ3v) is 5.24. The molecular formula is C19H25N3O3. The number of carboxylic acid groups (broad SMARTS) is 1. The molecule has 3 rings (SSSR count). The van der Waals surface area contributed by atoms with Crippen LogP contribution in [0, 0.1) is 19.8 Å². The van der Waals surface area contributed by atoms with Crippen molar-refractivity contribution in [1.82, 2.24) is 15.6 Å². The molecule has 1 fully saturated rings. The Hall–Kier alpha value is -2.50. The van der Waals surface area contributed by atoms with E-state index in [2.05, 4.69) is 35.5 Å². The van der Waals surface area contributed by atoms with E-state index in [4.69, 9.17) is 5.11 Å². The molecule has 1 aliphatic carbocycles. The molecule has 2 aromatic rings. The van der Waals surface area contributed by atoms with Crippen molar-refractivity contribution in [2.75, 3.05) is 0 Å². The Labute approximate surface area is 147 Å². The molecule has 0 saturated heterocycles. The van der Waals surface area contributed by atoms with Gasteiger partial charge in [0.05, 0.1) is 5.92 Å². The fourth-order valence-electron chi connectivity index (χ4n) is 3.52. The first kappa shape index (κ1) is 17.3. The van der Waals surface area contributed by atoms with Gasteiger partial charge in [0.25, 0.3) is 0 Å². The summed E-state index contributed by atoms with van der Waals surface area (Å²) in [6.07, 6.45) is 2.70. The van der Waals surface area contributed by atoms with Crippen LogP contribution in [0.3, 0.4) is 0 Å². The standard InChI is InChI=1S/C19H25N3O3/c1-11-12(2)21-17-8-3-13(9-16(11)17)10-20-19(25)22-15-6-4-14(5-7-15)18(23)24/h3,8-9,14-15,21H,4-7,10H2,1-2H3,(H,23,24)(H2,20,22,25). The van der Waals surface area contributed by atoms with E-state index in [0.717, 1.165) is 29.6 Å². The van der Waals surface area contributed by atoms with Gasteiger partial charge < -0.3 is 20.7 Å². The van der Waals surface area contributed by atoms with Crippen LogP contribution in [-0.2, 0) is 11.3 Å². The van der Waals surface area contributed by atoms with Gasteiger partial charge in [-0.25, -0.2) is 4.79 Å². The van der Waals surface area contributed by atoms with Gasteiger partial charge in [0.2, 0.25) is 0 Å². The number of hydrogen-bond donors (Lipinski definition) is 4. The summed E-state index contributed by atoms with van der Waals surface area (Å²) in [6.45, 7) is 4.61. The molecule has 134 valence electrons. The van der Waals surface area contributed by atoms with Crippen molar-refractivity contribution in [3.8, 4) is 0 Å². The molecule has 2 amide bonds. The number of aliphatic carboxylic acids is 1. The minimum absolute atomic E-state index is 0.0626. The number of urea groups is 1. The summed E-state index contributed by atoms with van der Waals surface area (Å²) >= 11 is 0. The molecular weight excluding hydrogens is 318 g/mol. The first-order valence-electron chi connectivity index (χ1n) is 8.79. The Balaban J connectivity index is 1.51. The number of carboxylic acids is 1. The van der Waals surface area contributed by atoms with Crippen LogP contribution < -0.4 is 10.6 Å².